The smallest absolute Gasteiger partial charge is 0.267 e. The van der Waals surface area contributed by atoms with E-state index in [9.17, 15) is 13.2 Å². The van der Waals surface area contributed by atoms with E-state index in [1.165, 1.54) is 15.9 Å². The monoisotopic (exact) mass is 481 g/mol. The average molecular weight is 482 g/mol. The molecule has 3 heterocycles. The second-order valence-corrected chi connectivity index (χ2v) is 11.5. The molecule has 168 valence electrons. The Bertz CT molecular complexity index is 980. The Balaban J connectivity index is 1.38. The van der Waals surface area contributed by atoms with Gasteiger partial charge in [0.15, 0.2) is 0 Å². The number of sulfonamides is 1. The summed E-state index contributed by atoms with van der Waals surface area (Å²) in [7, 11) is -3.66. The van der Waals surface area contributed by atoms with Gasteiger partial charge in [-0.3, -0.25) is 9.69 Å². The summed E-state index contributed by atoms with van der Waals surface area (Å²) in [5.41, 5.74) is 1.86. The molecule has 7 nitrogen and oxygen atoms in total. The number of ether oxygens (including phenoxy) is 1. The van der Waals surface area contributed by atoms with Crippen molar-refractivity contribution >= 4 is 44.7 Å². The van der Waals surface area contributed by atoms with Gasteiger partial charge in [0.2, 0.25) is 10.0 Å². The number of rotatable bonds is 7. The van der Waals surface area contributed by atoms with Gasteiger partial charge in [-0.2, -0.15) is 16.1 Å². The molecule has 1 aromatic carbocycles. The molecule has 4 rings (SSSR count). The highest BCUT2D eigenvalue weighted by Crippen LogP contribution is 2.28. The van der Waals surface area contributed by atoms with Crippen LogP contribution in [0.4, 0.5) is 5.69 Å². The molecule has 2 saturated heterocycles. The Kier molecular flexibility index (Phi) is 7.68. The van der Waals surface area contributed by atoms with E-state index in [0.29, 0.717) is 18.8 Å². The summed E-state index contributed by atoms with van der Waals surface area (Å²) in [6, 6.07) is 9.29. The molecule has 0 aliphatic carbocycles. The first-order valence-corrected chi connectivity index (χ1v) is 13.9. The van der Waals surface area contributed by atoms with Gasteiger partial charge in [-0.25, -0.2) is 8.42 Å². The minimum atomic E-state index is -3.66. The summed E-state index contributed by atoms with van der Waals surface area (Å²) in [5.74, 6) is 1.17. The van der Waals surface area contributed by atoms with E-state index >= 15 is 0 Å². The zero-order valence-corrected chi connectivity index (χ0v) is 19.7. The van der Waals surface area contributed by atoms with Crippen molar-refractivity contribution in [1.29, 1.82) is 0 Å². The number of carbonyl (C=O) groups is 1. The number of nitrogens with zero attached hydrogens (tertiary/aromatic N) is 2. The lowest BCUT2D eigenvalue weighted by molar-refractivity contribution is 0.0384. The highest BCUT2D eigenvalue weighted by molar-refractivity contribution is 7.99. The Morgan fingerprint density at radius 3 is 2.45 bits per heavy atom. The SMILES string of the molecule is O=C(Nc1ccc(CCN2CCOCC2)cc1)c1sccc1S(=O)(=O)N1CCSCC1. The maximum Gasteiger partial charge on any atom is 0.267 e. The van der Waals surface area contributed by atoms with Gasteiger partial charge in [0, 0.05) is 49.9 Å². The normalized spacial score (nSPS) is 18.7. The molecule has 0 unspecified atom stereocenters. The summed E-state index contributed by atoms with van der Waals surface area (Å²) < 4.78 is 32.9. The molecule has 0 saturated carbocycles. The van der Waals surface area contributed by atoms with Crippen LogP contribution in [0, 0.1) is 0 Å². The minimum Gasteiger partial charge on any atom is -0.379 e. The number of benzene rings is 1. The lowest BCUT2D eigenvalue weighted by atomic mass is 10.1. The molecule has 2 aromatic rings. The van der Waals surface area contributed by atoms with Crippen molar-refractivity contribution in [2.75, 3.05) is 62.8 Å². The van der Waals surface area contributed by atoms with Crippen LogP contribution in [0.3, 0.4) is 0 Å². The molecular formula is C21H27N3O4S3. The number of amides is 1. The Hall–Kier alpha value is -1.43. The van der Waals surface area contributed by atoms with Gasteiger partial charge in [0.25, 0.3) is 5.91 Å². The number of morpholine rings is 1. The zero-order chi connectivity index (χ0) is 21.7. The van der Waals surface area contributed by atoms with Crippen molar-refractivity contribution in [2.24, 2.45) is 0 Å². The predicted molar refractivity (Wildman–Crippen MR) is 126 cm³/mol. The van der Waals surface area contributed by atoms with Crippen LogP contribution < -0.4 is 5.32 Å². The number of nitrogens with one attached hydrogen (secondary N) is 1. The topological polar surface area (TPSA) is 79.0 Å². The van der Waals surface area contributed by atoms with Crippen molar-refractivity contribution in [3.8, 4) is 0 Å². The van der Waals surface area contributed by atoms with E-state index < -0.39 is 10.0 Å². The second kappa shape index (κ2) is 10.5. The molecule has 31 heavy (non-hydrogen) atoms. The van der Waals surface area contributed by atoms with Crippen LogP contribution in [0.1, 0.15) is 15.2 Å². The van der Waals surface area contributed by atoms with Crippen LogP contribution in [-0.4, -0.2) is 81.0 Å². The van der Waals surface area contributed by atoms with Gasteiger partial charge in [-0.1, -0.05) is 12.1 Å². The van der Waals surface area contributed by atoms with Gasteiger partial charge in [-0.15, -0.1) is 11.3 Å². The van der Waals surface area contributed by atoms with Gasteiger partial charge >= 0.3 is 0 Å². The van der Waals surface area contributed by atoms with Crippen LogP contribution in [0.25, 0.3) is 0 Å². The van der Waals surface area contributed by atoms with E-state index in [-0.39, 0.29) is 15.7 Å². The van der Waals surface area contributed by atoms with Crippen LogP contribution in [0.15, 0.2) is 40.6 Å². The number of thioether (sulfide) groups is 1. The molecule has 2 aliphatic heterocycles. The van der Waals surface area contributed by atoms with Gasteiger partial charge in [0.1, 0.15) is 9.77 Å². The highest BCUT2D eigenvalue weighted by Gasteiger charge is 2.31. The van der Waals surface area contributed by atoms with Crippen molar-refractivity contribution < 1.29 is 17.9 Å². The largest absolute Gasteiger partial charge is 0.379 e. The molecule has 2 fully saturated rings. The fraction of sp³-hybridized carbons (Fsp3) is 0.476. The lowest BCUT2D eigenvalue weighted by Crippen LogP contribution is -2.38. The van der Waals surface area contributed by atoms with Gasteiger partial charge < -0.3 is 10.1 Å². The third-order valence-electron chi connectivity index (χ3n) is 5.46. The van der Waals surface area contributed by atoms with Crippen LogP contribution in [0.2, 0.25) is 0 Å². The first-order valence-electron chi connectivity index (χ1n) is 10.4. The molecule has 1 aromatic heterocycles. The number of hydrogen-bond donors (Lipinski definition) is 1. The lowest BCUT2D eigenvalue weighted by Gasteiger charge is -2.26. The Morgan fingerprint density at radius 1 is 1.03 bits per heavy atom. The number of thiophene rings is 1. The molecule has 2 aliphatic rings. The van der Waals surface area contributed by atoms with Crippen LogP contribution in [-0.2, 0) is 21.2 Å². The number of carbonyl (C=O) groups excluding carboxylic acids is 1. The maximum absolute atomic E-state index is 13.0. The fourth-order valence-electron chi connectivity index (χ4n) is 3.65. The third kappa shape index (κ3) is 5.68. The third-order valence-corrected chi connectivity index (χ3v) is 9.38. The van der Waals surface area contributed by atoms with Crippen molar-refractivity contribution in [2.45, 2.75) is 11.3 Å². The van der Waals surface area contributed by atoms with Gasteiger partial charge in [0.05, 0.1) is 13.2 Å². The van der Waals surface area contributed by atoms with Gasteiger partial charge in [-0.05, 0) is 35.6 Å². The zero-order valence-electron chi connectivity index (χ0n) is 17.3. The fourth-order valence-corrected chi connectivity index (χ4v) is 7.52. The quantitative estimate of drug-likeness (QED) is 0.655. The summed E-state index contributed by atoms with van der Waals surface area (Å²) in [6.07, 6.45) is 0.940. The van der Waals surface area contributed by atoms with Crippen molar-refractivity contribution in [3.05, 3.63) is 46.2 Å². The Labute approximate surface area is 191 Å². The summed E-state index contributed by atoms with van der Waals surface area (Å²) in [5, 5.41) is 4.51. The van der Waals surface area contributed by atoms with E-state index in [4.69, 9.17) is 4.74 Å². The van der Waals surface area contributed by atoms with Crippen molar-refractivity contribution in [1.82, 2.24) is 9.21 Å². The molecule has 1 amide bonds. The molecule has 0 atom stereocenters. The summed E-state index contributed by atoms with van der Waals surface area (Å²) >= 11 is 2.90. The summed E-state index contributed by atoms with van der Waals surface area (Å²) in [6.45, 7) is 5.48. The first kappa shape index (κ1) is 22.8. The predicted octanol–water partition coefficient (Wildman–Crippen LogP) is 2.61. The standard InChI is InChI=1S/C21H27N3O4S3/c25-21(20-19(6-14-30-20)31(26,27)24-10-15-29-16-11-24)22-18-3-1-17(2-4-18)5-7-23-8-12-28-13-9-23/h1-4,6,14H,5,7-13,15-16H2,(H,22,25). The van der Waals surface area contributed by atoms with E-state index in [2.05, 4.69) is 10.2 Å². The van der Waals surface area contributed by atoms with Crippen LogP contribution >= 0.6 is 23.1 Å². The first-order chi connectivity index (χ1) is 15.0. The molecular weight excluding hydrogens is 454 g/mol. The maximum atomic E-state index is 13.0. The molecule has 0 radical (unpaired) electrons. The minimum absolute atomic E-state index is 0.101. The van der Waals surface area contributed by atoms with E-state index in [1.54, 1.807) is 17.1 Å². The highest BCUT2D eigenvalue weighted by atomic mass is 32.2. The van der Waals surface area contributed by atoms with E-state index in [0.717, 1.165) is 62.1 Å². The summed E-state index contributed by atoms with van der Waals surface area (Å²) in [4.78, 5) is 15.6. The number of anilines is 1. The average Bonchev–Trinajstić information content (AvgIpc) is 3.31. The molecule has 0 spiro atoms. The molecule has 1 N–H and O–H groups in total. The molecule has 0 bridgehead atoms. The second-order valence-electron chi connectivity index (χ2n) is 7.49. The number of hydrogen-bond acceptors (Lipinski definition) is 7. The molecule has 10 heteroatoms. The van der Waals surface area contributed by atoms with Crippen molar-refractivity contribution in [3.63, 3.8) is 0 Å². The van der Waals surface area contributed by atoms with E-state index in [1.807, 2.05) is 24.3 Å². The Morgan fingerprint density at radius 2 is 1.74 bits per heavy atom. The van der Waals surface area contributed by atoms with Crippen LogP contribution in [0.5, 0.6) is 0 Å².